The second-order valence-electron chi connectivity index (χ2n) is 6.30. The zero-order valence-electron chi connectivity index (χ0n) is 12.0. The second kappa shape index (κ2) is 4.71. The average Bonchev–Trinajstić information content (AvgIpc) is 2.19. The molecule has 1 heterocycles. The van der Waals surface area contributed by atoms with E-state index in [2.05, 4.69) is 53.4 Å². The maximum absolute atomic E-state index is 6.50. The first kappa shape index (κ1) is 14.7. The van der Waals surface area contributed by atoms with Crippen LogP contribution in [0.5, 0.6) is 0 Å². The number of hydrogen-bond acceptors (Lipinski definition) is 2. The van der Waals surface area contributed by atoms with Crippen molar-refractivity contribution >= 4 is 8.32 Å². The van der Waals surface area contributed by atoms with E-state index in [1.807, 2.05) is 12.2 Å². The topological polar surface area (TPSA) is 18.5 Å². The van der Waals surface area contributed by atoms with Gasteiger partial charge in [-0.05, 0) is 31.1 Å². The van der Waals surface area contributed by atoms with Crippen molar-refractivity contribution in [2.24, 2.45) is 0 Å². The van der Waals surface area contributed by atoms with Gasteiger partial charge in [-0.1, -0.05) is 39.5 Å². The molecule has 3 heteroatoms. The quantitative estimate of drug-likeness (QED) is 0.561. The molecule has 0 aromatic rings. The van der Waals surface area contributed by atoms with Crippen molar-refractivity contribution in [2.45, 2.75) is 57.5 Å². The van der Waals surface area contributed by atoms with Crippen LogP contribution in [-0.2, 0) is 9.16 Å². The molecule has 0 spiro atoms. The minimum Gasteiger partial charge on any atom is -0.402 e. The highest BCUT2D eigenvalue weighted by Crippen LogP contribution is 2.41. The fourth-order valence-electron chi connectivity index (χ4n) is 1.69. The molecule has 0 fully saturated rings. The molecule has 0 bridgehead atoms. The van der Waals surface area contributed by atoms with Gasteiger partial charge in [0, 0.05) is 0 Å². The summed E-state index contributed by atoms with van der Waals surface area (Å²) in [6, 6.07) is 0. The van der Waals surface area contributed by atoms with Crippen molar-refractivity contribution in [1.29, 1.82) is 0 Å². The normalized spacial score (nSPS) is 30.4. The van der Waals surface area contributed by atoms with Gasteiger partial charge in [0.05, 0.1) is 12.7 Å². The zero-order valence-corrected chi connectivity index (χ0v) is 13.0. The Morgan fingerprint density at radius 1 is 1.47 bits per heavy atom. The molecule has 0 radical (unpaired) electrons. The van der Waals surface area contributed by atoms with Crippen molar-refractivity contribution in [2.75, 3.05) is 6.61 Å². The Bertz CT molecular complexity index is 315. The number of rotatable bonds is 3. The van der Waals surface area contributed by atoms with E-state index in [0.29, 0.717) is 6.61 Å². The number of hydrogen-bond donors (Lipinski definition) is 0. The lowest BCUT2D eigenvalue weighted by molar-refractivity contribution is -0.0386. The molecule has 2 nitrogen and oxygen atoms in total. The zero-order chi connectivity index (χ0) is 13.3. The van der Waals surface area contributed by atoms with Crippen LogP contribution in [0.2, 0.25) is 18.1 Å². The predicted octanol–water partition coefficient (Wildman–Crippen LogP) is 3.91. The molecule has 0 saturated carbocycles. The summed E-state index contributed by atoms with van der Waals surface area (Å²) in [7, 11) is -1.83. The van der Waals surface area contributed by atoms with Crippen LogP contribution in [-0.4, -0.2) is 26.6 Å². The van der Waals surface area contributed by atoms with Gasteiger partial charge in [-0.3, -0.25) is 0 Å². The third-order valence-electron chi connectivity index (χ3n) is 4.01. The Balaban J connectivity index is 3.01. The van der Waals surface area contributed by atoms with Crippen LogP contribution in [0.4, 0.5) is 0 Å². The van der Waals surface area contributed by atoms with Crippen LogP contribution in [0.1, 0.15) is 27.7 Å². The molecule has 0 saturated heterocycles. The predicted molar refractivity (Wildman–Crippen MR) is 75.8 cm³/mol. The largest absolute Gasteiger partial charge is 0.402 e. The van der Waals surface area contributed by atoms with Crippen LogP contribution in [0, 0.1) is 0 Å². The van der Waals surface area contributed by atoms with Gasteiger partial charge in [0.1, 0.15) is 5.60 Å². The third-order valence-corrected chi connectivity index (χ3v) is 8.49. The van der Waals surface area contributed by atoms with Gasteiger partial charge in [-0.15, -0.1) is 0 Å². The third kappa shape index (κ3) is 2.90. The first-order valence-electron chi connectivity index (χ1n) is 6.28. The van der Waals surface area contributed by atoms with Crippen molar-refractivity contribution < 1.29 is 9.16 Å². The fourth-order valence-corrected chi connectivity index (χ4v) is 3.19. The lowest BCUT2D eigenvalue weighted by atomic mass is 9.96. The lowest BCUT2D eigenvalue weighted by Crippen LogP contribution is -2.54. The van der Waals surface area contributed by atoms with E-state index in [0.717, 1.165) is 0 Å². The van der Waals surface area contributed by atoms with Crippen molar-refractivity contribution in [3.8, 4) is 0 Å². The van der Waals surface area contributed by atoms with Crippen molar-refractivity contribution in [3.63, 3.8) is 0 Å². The molecule has 17 heavy (non-hydrogen) atoms. The lowest BCUT2D eigenvalue weighted by Gasteiger charge is -2.46. The molecular formula is C14H26O2Si. The SMILES string of the molecule is C=C[C@]1(O[Si](C)(C)C(C)(C)C)C=CCO[C@H]1C. The molecule has 0 aliphatic carbocycles. The minimum atomic E-state index is -1.83. The monoisotopic (exact) mass is 254 g/mol. The molecule has 0 amide bonds. The summed E-state index contributed by atoms with van der Waals surface area (Å²) >= 11 is 0. The molecule has 0 unspecified atom stereocenters. The van der Waals surface area contributed by atoms with Crippen LogP contribution in [0.15, 0.2) is 24.8 Å². The fraction of sp³-hybridized carbons (Fsp3) is 0.714. The van der Waals surface area contributed by atoms with E-state index < -0.39 is 13.9 Å². The Morgan fingerprint density at radius 3 is 2.47 bits per heavy atom. The molecular weight excluding hydrogens is 228 g/mol. The minimum absolute atomic E-state index is 0.0270. The average molecular weight is 254 g/mol. The smallest absolute Gasteiger partial charge is 0.193 e. The highest BCUT2D eigenvalue weighted by Gasteiger charge is 2.45. The van der Waals surface area contributed by atoms with Crippen LogP contribution in [0.3, 0.4) is 0 Å². The molecule has 2 atom stereocenters. The summed E-state index contributed by atoms with van der Waals surface area (Å²) in [5, 5.41) is 0.189. The Morgan fingerprint density at radius 2 is 2.06 bits per heavy atom. The van der Waals surface area contributed by atoms with Gasteiger partial charge in [0.25, 0.3) is 0 Å². The van der Waals surface area contributed by atoms with Crippen molar-refractivity contribution in [1.82, 2.24) is 0 Å². The van der Waals surface area contributed by atoms with E-state index in [-0.39, 0.29) is 11.1 Å². The Labute approximate surface area is 107 Å². The van der Waals surface area contributed by atoms with E-state index >= 15 is 0 Å². The summed E-state index contributed by atoms with van der Waals surface area (Å²) < 4.78 is 12.2. The molecule has 0 aromatic carbocycles. The standard InChI is InChI=1S/C14H26O2Si/c1-8-14(10-9-11-15-12(14)2)16-17(6,7)13(3,4)5/h8-10,12H,1,11H2,2-7H3/t12-,14-/m0/s1. The van der Waals surface area contributed by atoms with Gasteiger partial charge >= 0.3 is 0 Å². The van der Waals surface area contributed by atoms with E-state index in [1.165, 1.54) is 0 Å². The summed E-state index contributed by atoms with van der Waals surface area (Å²) in [5.74, 6) is 0. The molecule has 0 N–H and O–H groups in total. The molecule has 1 aliphatic heterocycles. The van der Waals surface area contributed by atoms with Crippen LogP contribution < -0.4 is 0 Å². The summed E-state index contributed by atoms with van der Waals surface area (Å²) in [6.45, 7) is 17.9. The number of ether oxygens (including phenoxy) is 1. The first-order valence-corrected chi connectivity index (χ1v) is 9.18. The highest BCUT2D eigenvalue weighted by atomic mass is 28.4. The van der Waals surface area contributed by atoms with E-state index in [9.17, 15) is 0 Å². The molecule has 0 aromatic heterocycles. The Kier molecular flexibility index (Phi) is 4.07. The van der Waals surface area contributed by atoms with E-state index in [4.69, 9.17) is 9.16 Å². The van der Waals surface area contributed by atoms with Gasteiger partial charge in [0.15, 0.2) is 8.32 Å². The summed E-state index contributed by atoms with van der Waals surface area (Å²) in [6.07, 6.45) is 6.04. The van der Waals surface area contributed by atoms with Crippen LogP contribution in [0.25, 0.3) is 0 Å². The van der Waals surface area contributed by atoms with Gasteiger partial charge in [-0.25, -0.2) is 0 Å². The maximum atomic E-state index is 6.50. The second-order valence-corrected chi connectivity index (χ2v) is 11.0. The van der Waals surface area contributed by atoms with E-state index in [1.54, 1.807) is 0 Å². The molecule has 98 valence electrons. The Hall–Kier alpha value is -0.383. The summed E-state index contributed by atoms with van der Waals surface area (Å²) in [5.41, 5.74) is -0.457. The molecule has 1 aliphatic rings. The van der Waals surface area contributed by atoms with Crippen LogP contribution >= 0.6 is 0 Å². The van der Waals surface area contributed by atoms with Crippen molar-refractivity contribution in [3.05, 3.63) is 24.8 Å². The maximum Gasteiger partial charge on any atom is 0.193 e. The first-order chi connectivity index (χ1) is 7.65. The van der Waals surface area contributed by atoms with Gasteiger partial charge < -0.3 is 9.16 Å². The van der Waals surface area contributed by atoms with Gasteiger partial charge in [0.2, 0.25) is 0 Å². The van der Waals surface area contributed by atoms with Gasteiger partial charge in [-0.2, -0.15) is 0 Å². The summed E-state index contributed by atoms with van der Waals surface area (Å²) in [4.78, 5) is 0. The molecule has 1 rings (SSSR count). The highest BCUT2D eigenvalue weighted by molar-refractivity contribution is 6.74.